The van der Waals surface area contributed by atoms with Crippen molar-refractivity contribution in [2.45, 2.75) is 18.1 Å². The van der Waals surface area contributed by atoms with Crippen LogP contribution in [0.2, 0.25) is 0 Å². The number of thiazole rings is 1. The number of rotatable bonds is 4. The molecular weight excluding hydrogens is 316 g/mol. The van der Waals surface area contributed by atoms with E-state index in [9.17, 15) is 18.0 Å². The fourth-order valence-corrected chi connectivity index (χ4v) is 4.24. The van der Waals surface area contributed by atoms with Crippen molar-refractivity contribution in [2.75, 3.05) is 4.72 Å². The molecule has 0 aliphatic rings. The highest BCUT2D eigenvalue weighted by Crippen LogP contribution is 2.24. The Kier molecular flexibility index (Phi) is 3.88. The van der Waals surface area contributed by atoms with E-state index in [-0.39, 0.29) is 21.2 Å². The van der Waals surface area contributed by atoms with E-state index in [0.717, 1.165) is 0 Å². The first-order valence-electron chi connectivity index (χ1n) is 5.78. The van der Waals surface area contributed by atoms with Gasteiger partial charge in [-0.25, -0.2) is 13.2 Å². The number of hydrogen-bond acceptors (Lipinski definition) is 5. The second kappa shape index (κ2) is 5.34. The van der Waals surface area contributed by atoms with Crippen molar-refractivity contribution in [3.63, 3.8) is 0 Å². The van der Waals surface area contributed by atoms with Gasteiger partial charge in [-0.1, -0.05) is 17.4 Å². The lowest BCUT2D eigenvalue weighted by Gasteiger charge is -2.11. The summed E-state index contributed by atoms with van der Waals surface area (Å²) in [6.07, 6.45) is 0. The lowest BCUT2D eigenvalue weighted by Crippen LogP contribution is -2.14. The summed E-state index contributed by atoms with van der Waals surface area (Å²) in [5.74, 6) is -1.14. The van der Waals surface area contributed by atoms with Crippen molar-refractivity contribution in [2.24, 2.45) is 0 Å². The van der Waals surface area contributed by atoms with E-state index in [1.165, 1.54) is 32.0 Å². The standard InChI is InChI=1S/C12H12N2O5S2/c1-6-8(10(15)16)4-3-5-9(6)14-21(18,19)11-7(2)13-12(17)20-11/h3-5,14H,1-2H3,(H,13,17)(H,15,16). The highest BCUT2D eigenvalue weighted by molar-refractivity contribution is 7.94. The number of aromatic amines is 1. The third kappa shape index (κ3) is 2.98. The quantitative estimate of drug-likeness (QED) is 0.787. The Balaban J connectivity index is 2.47. The number of aryl methyl sites for hydroxylation is 1. The number of benzene rings is 1. The summed E-state index contributed by atoms with van der Waals surface area (Å²) in [5.41, 5.74) is 0.711. The molecule has 3 N–H and O–H groups in total. The van der Waals surface area contributed by atoms with Gasteiger partial charge in [-0.2, -0.15) is 0 Å². The SMILES string of the molecule is Cc1[nH]c(=O)sc1S(=O)(=O)Nc1cccc(C(=O)O)c1C. The Morgan fingerprint density at radius 1 is 1.33 bits per heavy atom. The van der Waals surface area contributed by atoms with Crippen LogP contribution >= 0.6 is 11.3 Å². The maximum absolute atomic E-state index is 12.3. The van der Waals surface area contributed by atoms with Gasteiger partial charge in [0.25, 0.3) is 10.0 Å². The molecule has 0 radical (unpaired) electrons. The summed E-state index contributed by atoms with van der Waals surface area (Å²) in [7, 11) is -3.94. The predicted octanol–water partition coefficient (Wildman–Crippen LogP) is 1.55. The second-order valence-corrected chi connectivity index (χ2v) is 7.18. The van der Waals surface area contributed by atoms with Crippen LogP contribution in [0.5, 0.6) is 0 Å². The third-order valence-corrected chi connectivity index (χ3v) is 5.80. The number of hydrogen-bond donors (Lipinski definition) is 3. The average Bonchev–Trinajstić information content (AvgIpc) is 2.71. The smallest absolute Gasteiger partial charge is 0.336 e. The van der Waals surface area contributed by atoms with Crippen LogP contribution in [0.4, 0.5) is 5.69 Å². The normalized spacial score (nSPS) is 11.3. The summed E-state index contributed by atoms with van der Waals surface area (Å²) in [4.78, 5) is 24.2. The van der Waals surface area contributed by atoms with Crippen molar-refractivity contribution < 1.29 is 18.3 Å². The van der Waals surface area contributed by atoms with Crippen LogP contribution in [0.15, 0.2) is 27.2 Å². The van der Waals surface area contributed by atoms with Crippen molar-refractivity contribution in [3.8, 4) is 0 Å². The molecule has 0 spiro atoms. The third-order valence-electron chi connectivity index (χ3n) is 2.83. The summed E-state index contributed by atoms with van der Waals surface area (Å²) in [6.45, 7) is 2.99. The number of nitrogens with one attached hydrogen (secondary N) is 2. The monoisotopic (exact) mass is 328 g/mol. The maximum Gasteiger partial charge on any atom is 0.336 e. The van der Waals surface area contributed by atoms with Gasteiger partial charge in [0.15, 0.2) is 4.21 Å². The van der Waals surface area contributed by atoms with E-state index in [2.05, 4.69) is 9.71 Å². The van der Waals surface area contributed by atoms with Crippen LogP contribution in [0.25, 0.3) is 0 Å². The number of carbonyl (C=O) groups is 1. The largest absolute Gasteiger partial charge is 0.478 e. The number of H-pyrrole nitrogens is 1. The molecule has 0 aliphatic carbocycles. The molecule has 0 aliphatic heterocycles. The van der Waals surface area contributed by atoms with Crippen molar-refractivity contribution >= 4 is 33.0 Å². The number of carboxylic acid groups (broad SMARTS) is 1. The Hall–Kier alpha value is -2.13. The van der Waals surface area contributed by atoms with Gasteiger partial charge in [0.05, 0.1) is 11.3 Å². The van der Waals surface area contributed by atoms with Crippen molar-refractivity contribution in [1.29, 1.82) is 0 Å². The number of carboxylic acids is 1. The summed E-state index contributed by atoms with van der Waals surface area (Å²) in [6, 6.07) is 4.29. The van der Waals surface area contributed by atoms with Gasteiger partial charge in [0.2, 0.25) is 0 Å². The van der Waals surface area contributed by atoms with Gasteiger partial charge < -0.3 is 10.1 Å². The Morgan fingerprint density at radius 3 is 2.52 bits per heavy atom. The Morgan fingerprint density at radius 2 is 2.00 bits per heavy atom. The first-order chi connectivity index (χ1) is 9.72. The topological polar surface area (TPSA) is 116 Å². The lowest BCUT2D eigenvalue weighted by atomic mass is 10.1. The second-order valence-electron chi connectivity index (χ2n) is 4.32. The molecule has 0 atom stereocenters. The van der Waals surface area contributed by atoms with E-state index in [1.807, 2.05) is 0 Å². The van der Waals surface area contributed by atoms with Gasteiger partial charge >= 0.3 is 10.8 Å². The minimum absolute atomic E-state index is 0.00850. The minimum Gasteiger partial charge on any atom is -0.478 e. The zero-order valence-electron chi connectivity index (χ0n) is 11.1. The molecule has 21 heavy (non-hydrogen) atoms. The lowest BCUT2D eigenvalue weighted by molar-refractivity contribution is 0.0696. The predicted molar refractivity (Wildman–Crippen MR) is 78.6 cm³/mol. The molecule has 0 bridgehead atoms. The number of aromatic carboxylic acids is 1. The van der Waals surface area contributed by atoms with Gasteiger partial charge in [0.1, 0.15) is 0 Å². The van der Waals surface area contributed by atoms with Gasteiger partial charge in [0, 0.05) is 5.69 Å². The molecule has 112 valence electrons. The maximum atomic E-state index is 12.3. The zero-order chi connectivity index (χ0) is 15.8. The van der Waals surface area contributed by atoms with Crippen LogP contribution in [0.3, 0.4) is 0 Å². The molecule has 0 unspecified atom stereocenters. The fourth-order valence-electron chi connectivity index (χ4n) is 1.82. The molecule has 2 rings (SSSR count). The van der Waals surface area contributed by atoms with Gasteiger partial charge in [-0.15, -0.1) is 0 Å². The summed E-state index contributed by atoms with van der Waals surface area (Å²) in [5, 5.41) is 9.03. The van der Waals surface area contributed by atoms with Gasteiger partial charge in [-0.3, -0.25) is 9.52 Å². The first-order valence-corrected chi connectivity index (χ1v) is 8.08. The van der Waals surface area contributed by atoms with Crippen LogP contribution in [-0.2, 0) is 10.0 Å². The van der Waals surface area contributed by atoms with Gasteiger partial charge in [-0.05, 0) is 31.5 Å². The van der Waals surface area contributed by atoms with Crippen molar-refractivity contribution in [1.82, 2.24) is 4.98 Å². The fraction of sp³-hybridized carbons (Fsp3) is 0.167. The zero-order valence-corrected chi connectivity index (χ0v) is 12.8. The Labute approximate surface area is 124 Å². The minimum atomic E-state index is -3.94. The highest BCUT2D eigenvalue weighted by Gasteiger charge is 2.22. The van der Waals surface area contributed by atoms with Crippen LogP contribution in [0.1, 0.15) is 21.6 Å². The summed E-state index contributed by atoms with van der Waals surface area (Å²) < 4.78 is 26.7. The van der Waals surface area contributed by atoms with Crippen LogP contribution in [-0.4, -0.2) is 24.5 Å². The molecule has 7 nitrogen and oxygen atoms in total. The molecule has 0 saturated heterocycles. The van der Waals surface area contributed by atoms with E-state index < -0.39 is 20.9 Å². The van der Waals surface area contributed by atoms with E-state index >= 15 is 0 Å². The first kappa shape index (κ1) is 15.3. The molecule has 1 heterocycles. The molecule has 0 amide bonds. The molecule has 1 aromatic heterocycles. The molecule has 9 heteroatoms. The van der Waals surface area contributed by atoms with E-state index in [0.29, 0.717) is 16.9 Å². The Bertz CT molecular complexity index is 864. The van der Waals surface area contributed by atoms with Crippen molar-refractivity contribution in [3.05, 3.63) is 44.7 Å². The van der Waals surface area contributed by atoms with Crippen LogP contribution in [0, 0.1) is 13.8 Å². The van der Waals surface area contributed by atoms with E-state index in [4.69, 9.17) is 5.11 Å². The van der Waals surface area contributed by atoms with E-state index in [1.54, 1.807) is 0 Å². The number of anilines is 1. The number of aromatic nitrogens is 1. The van der Waals surface area contributed by atoms with Crippen LogP contribution < -0.4 is 9.60 Å². The molecule has 1 aromatic carbocycles. The molecule has 2 aromatic rings. The highest BCUT2D eigenvalue weighted by atomic mass is 32.2. The average molecular weight is 328 g/mol. The summed E-state index contributed by atoms with van der Waals surface area (Å²) >= 11 is 0.579. The molecule has 0 fully saturated rings. The molecular formula is C12H12N2O5S2. The number of sulfonamides is 1. The molecule has 0 saturated carbocycles.